The van der Waals surface area contributed by atoms with Crippen molar-refractivity contribution in [3.05, 3.63) is 30.1 Å². The Morgan fingerprint density at radius 3 is 2.84 bits per heavy atom. The Kier molecular flexibility index (Phi) is 5.23. The molecule has 1 heterocycles. The minimum atomic E-state index is 0.571. The summed E-state index contributed by atoms with van der Waals surface area (Å²) in [4.78, 5) is 4.64. The van der Waals surface area contributed by atoms with Crippen LogP contribution in [-0.4, -0.2) is 28.6 Å². The molecule has 4 heteroatoms. The van der Waals surface area contributed by atoms with Crippen molar-refractivity contribution in [2.75, 3.05) is 19.1 Å². The molecule has 0 aliphatic heterocycles. The second kappa shape index (κ2) is 6.92. The van der Waals surface area contributed by atoms with E-state index in [1.54, 1.807) is 0 Å². The molecule has 0 aliphatic rings. The van der Waals surface area contributed by atoms with Crippen LogP contribution in [0.3, 0.4) is 0 Å². The van der Waals surface area contributed by atoms with Gasteiger partial charge in [-0.1, -0.05) is 26.0 Å². The fourth-order valence-electron chi connectivity index (χ4n) is 2.13. The lowest BCUT2D eigenvalue weighted by molar-refractivity contribution is 0.103. The Labute approximate surface area is 119 Å². The fourth-order valence-corrected chi connectivity index (χ4v) is 2.29. The number of halogens is 1. The van der Waals surface area contributed by atoms with Gasteiger partial charge in [-0.25, -0.2) is 4.98 Å². The molecule has 0 saturated heterocycles. The average molecular weight is 281 g/mol. The third-order valence-electron chi connectivity index (χ3n) is 2.96. The molecule has 0 unspecified atom stereocenters. The van der Waals surface area contributed by atoms with Crippen molar-refractivity contribution in [2.45, 2.75) is 26.8 Å². The molecule has 0 bridgehead atoms. The molecular formula is C15H21ClN2O. The van der Waals surface area contributed by atoms with E-state index in [0.717, 1.165) is 36.4 Å². The lowest BCUT2D eigenvalue weighted by atomic mass is 10.2. The van der Waals surface area contributed by atoms with Crippen molar-refractivity contribution >= 4 is 22.6 Å². The zero-order valence-electron chi connectivity index (χ0n) is 11.6. The van der Waals surface area contributed by atoms with Gasteiger partial charge in [-0.15, -0.1) is 11.6 Å². The first-order valence-corrected chi connectivity index (χ1v) is 7.33. The summed E-state index contributed by atoms with van der Waals surface area (Å²) in [5.74, 6) is 2.21. The number of imidazole rings is 1. The second-order valence-corrected chi connectivity index (χ2v) is 5.45. The van der Waals surface area contributed by atoms with Gasteiger partial charge in [-0.2, -0.15) is 0 Å². The van der Waals surface area contributed by atoms with Crippen molar-refractivity contribution in [3.8, 4) is 0 Å². The standard InChI is InChI=1S/C15H21ClN2O/c1-12(2)11-19-10-9-18-14-6-4-3-5-13(14)17-15(18)7-8-16/h3-6,12H,7-11H2,1-2H3. The van der Waals surface area contributed by atoms with Gasteiger partial charge in [-0.3, -0.25) is 0 Å². The molecule has 2 aromatic rings. The molecule has 2 rings (SSSR count). The first kappa shape index (κ1) is 14.4. The average Bonchev–Trinajstić information content (AvgIpc) is 2.73. The maximum absolute atomic E-state index is 5.85. The van der Waals surface area contributed by atoms with E-state index in [9.17, 15) is 0 Å². The number of benzene rings is 1. The minimum Gasteiger partial charge on any atom is -0.379 e. The monoisotopic (exact) mass is 280 g/mol. The molecular weight excluding hydrogens is 260 g/mol. The number of hydrogen-bond acceptors (Lipinski definition) is 2. The molecule has 0 fully saturated rings. The minimum absolute atomic E-state index is 0.571. The van der Waals surface area contributed by atoms with Crippen molar-refractivity contribution < 1.29 is 4.74 Å². The number of alkyl halides is 1. The summed E-state index contributed by atoms with van der Waals surface area (Å²) in [6.07, 6.45) is 0.792. The highest BCUT2D eigenvalue weighted by Crippen LogP contribution is 2.16. The molecule has 104 valence electrons. The van der Waals surface area contributed by atoms with Crippen LogP contribution < -0.4 is 0 Å². The highest BCUT2D eigenvalue weighted by atomic mass is 35.5. The summed E-state index contributed by atoms with van der Waals surface area (Å²) in [5.41, 5.74) is 2.20. The lowest BCUT2D eigenvalue weighted by Gasteiger charge is -2.10. The summed E-state index contributed by atoms with van der Waals surface area (Å²) in [5, 5.41) is 0. The highest BCUT2D eigenvalue weighted by molar-refractivity contribution is 6.17. The maximum atomic E-state index is 5.85. The second-order valence-electron chi connectivity index (χ2n) is 5.08. The van der Waals surface area contributed by atoms with Gasteiger partial charge in [0, 0.05) is 25.5 Å². The zero-order valence-corrected chi connectivity index (χ0v) is 12.4. The third kappa shape index (κ3) is 3.71. The summed E-state index contributed by atoms with van der Waals surface area (Å²) in [6, 6.07) is 8.19. The van der Waals surface area contributed by atoms with E-state index in [-0.39, 0.29) is 0 Å². The van der Waals surface area contributed by atoms with E-state index in [4.69, 9.17) is 16.3 Å². The van der Waals surface area contributed by atoms with E-state index in [1.807, 2.05) is 18.2 Å². The molecule has 0 spiro atoms. The molecule has 19 heavy (non-hydrogen) atoms. The molecule has 0 saturated carbocycles. The summed E-state index contributed by atoms with van der Waals surface area (Å²) < 4.78 is 7.89. The highest BCUT2D eigenvalue weighted by Gasteiger charge is 2.09. The lowest BCUT2D eigenvalue weighted by Crippen LogP contribution is -2.12. The molecule has 3 nitrogen and oxygen atoms in total. The van der Waals surface area contributed by atoms with E-state index in [1.165, 1.54) is 0 Å². The summed E-state index contributed by atoms with van der Waals surface area (Å²) in [7, 11) is 0. The Hall–Kier alpha value is -1.06. The Balaban J connectivity index is 2.12. The van der Waals surface area contributed by atoms with Crippen LogP contribution in [0, 0.1) is 5.92 Å². The topological polar surface area (TPSA) is 27.1 Å². The quantitative estimate of drug-likeness (QED) is 0.573. The Bertz CT molecular complexity index is 522. The van der Waals surface area contributed by atoms with Gasteiger partial charge in [0.05, 0.1) is 17.6 Å². The number of hydrogen-bond donors (Lipinski definition) is 0. The fraction of sp³-hybridized carbons (Fsp3) is 0.533. The molecule has 0 atom stereocenters. The van der Waals surface area contributed by atoms with Crippen LogP contribution in [-0.2, 0) is 17.7 Å². The molecule has 0 aliphatic carbocycles. The normalized spacial score (nSPS) is 11.6. The molecule has 0 amide bonds. The summed E-state index contributed by atoms with van der Waals surface area (Å²) in [6.45, 7) is 6.67. The summed E-state index contributed by atoms with van der Waals surface area (Å²) >= 11 is 5.85. The van der Waals surface area contributed by atoms with Crippen LogP contribution in [0.1, 0.15) is 19.7 Å². The first-order chi connectivity index (χ1) is 9.22. The maximum Gasteiger partial charge on any atom is 0.111 e. The molecule has 1 aromatic heterocycles. The van der Waals surface area contributed by atoms with Crippen molar-refractivity contribution in [1.29, 1.82) is 0 Å². The Morgan fingerprint density at radius 1 is 1.32 bits per heavy atom. The van der Waals surface area contributed by atoms with Crippen molar-refractivity contribution in [3.63, 3.8) is 0 Å². The Morgan fingerprint density at radius 2 is 2.11 bits per heavy atom. The predicted octanol–water partition coefficient (Wildman–Crippen LogP) is 3.49. The molecule has 1 aromatic carbocycles. The van der Waals surface area contributed by atoms with Crippen molar-refractivity contribution in [2.24, 2.45) is 5.92 Å². The smallest absolute Gasteiger partial charge is 0.111 e. The van der Waals surface area contributed by atoms with Crippen LogP contribution in [0.15, 0.2) is 24.3 Å². The largest absolute Gasteiger partial charge is 0.379 e. The van der Waals surface area contributed by atoms with Crippen LogP contribution in [0.5, 0.6) is 0 Å². The van der Waals surface area contributed by atoms with Gasteiger partial charge in [0.1, 0.15) is 5.82 Å². The number of para-hydroxylation sites is 2. The SMILES string of the molecule is CC(C)COCCn1c(CCCl)nc2ccccc21. The number of ether oxygens (including phenoxy) is 1. The number of aryl methyl sites for hydroxylation is 1. The predicted molar refractivity (Wildman–Crippen MR) is 79.8 cm³/mol. The number of nitrogens with zero attached hydrogens (tertiary/aromatic N) is 2. The van der Waals surface area contributed by atoms with Crippen LogP contribution in [0.2, 0.25) is 0 Å². The van der Waals surface area contributed by atoms with Crippen molar-refractivity contribution in [1.82, 2.24) is 9.55 Å². The number of fused-ring (bicyclic) bond motifs is 1. The van der Waals surface area contributed by atoms with Gasteiger partial charge in [0.25, 0.3) is 0 Å². The molecule has 0 radical (unpaired) electrons. The number of aromatic nitrogens is 2. The van der Waals surface area contributed by atoms with Gasteiger partial charge in [0.15, 0.2) is 0 Å². The van der Waals surface area contributed by atoms with Crippen LogP contribution >= 0.6 is 11.6 Å². The molecule has 0 N–H and O–H groups in total. The van der Waals surface area contributed by atoms with Gasteiger partial charge >= 0.3 is 0 Å². The van der Waals surface area contributed by atoms with E-state index >= 15 is 0 Å². The zero-order chi connectivity index (χ0) is 13.7. The van der Waals surface area contributed by atoms with Gasteiger partial charge < -0.3 is 9.30 Å². The van der Waals surface area contributed by atoms with E-state index in [2.05, 4.69) is 29.5 Å². The van der Waals surface area contributed by atoms with Crippen LogP contribution in [0.4, 0.5) is 0 Å². The van der Waals surface area contributed by atoms with E-state index in [0.29, 0.717) is 18.4 Å². The van der Waals surface area contributed by atoms with Gasteiger partial charge in [0.2, 0.25) is 0 Å². The number of rotatable bonds is 7. The first-order valence-electron chi connectivity index (χ1n) is 6.80. The van der Waals surface area contributed by atoms with E-state index < -0.39 is 0 Å². The van der Waals surface area contributed by atoms with Crippen LogP contribution in [0.25, 0.3) is 11.0 Å². The third-order valence-corrected chi connectivity index (χ3v) is 3.15. The van der Waals surface area contributed by atoms with Gasteiger partial charge in [-0.05, 0) is 18.1 Å².